The van der Waals surface area contributed by atoms with Crippen LogP contribution in [0.4, 0.5) is 0 Å². The van der Waals surface area contributed by atoms with E-state index in [1.165, 1.54) is 4.90 Å². The third-order valence-electron chi connectivity index (χ3n) is 5.28. The average Bonchev–Trinajstić information content (AvgIpc) is 2.96. The third-order valence-corrected chi connectivity index (χ3v) is 5.28. The Labute approximate surface area is 166 Å². The van der Waals surface area contributed by atoms with Gasteiger partial charge >= 0.3 is 0 Å². The van der Waals surface area contributed by atoms with Gasteiger partial charge in [0, 0.05) is 32.8 Å². The van der Waals surface area contributed by atoms with Crippen molar-refractivity contribution >= 4 is 17.4 Å². The molecule has 2 heterocycles. The fraction of sp³-hybridized carbons (Fsp3) is 0.545. The molecule has 1 aromatic rings. The fourth-order valence-electron chi connectivity index (χ4n) is 3.88. The monoisotopic (exact) mass is 386 g/mol. The molecule has 1 N–H and O–H groups in total. The van der Waals surface area contributed by atoms with Gasteiger partial charge < -0.3 is 14.7 Å². The Hall–Kier alpha value is -2.18. The minimum absolute atomic E-state index is 0.100. The number of amides is 2. The number of carbonyl (C=O) groups excluding carboxylic acids is 2. The molecule has 6 heteroatoms. The molecule has 2 amide bonds. The molecule has 1 aromatic carbocycles. The maximum Gasteiger partial charge on any atom is 0.277 e. The van der Waals surface area contributed by atoms with Gasteiger partial charge in [0.25, 0.3) is 11.8 Å². The lowest BCUT2D eigenvalue weighted by molar-refractivity contribution is -0.138. The van der Waals surface area contributed by atoms with Crippen LogP contribution in [0.25, 0.3) is 5.57 Å². The Bertz CT molecular complexity index is 729. The number of piperidine rings is 1. The molecule has 0 aliphatic carbocycles. The van der Waals surface area contributed by atoms with Gasteiger partial charge in [-0.2, -0.15) is 0 Å². The second-order valence-electron chi connectivity index (χ2n) is 7.76. The maximum absolute atomic E-state index is 13.2. The van der Waals surface area contributed by atoms with Gasteiger partial charge in [0.05, 0.1) is 11.7 Å². The molecule has 1 fully saturated rings. The lowest BCUT2D eigenvalue weighted by Gasteiger charge is -2.34. The van der Waals surface area contributed by atoms with Crippen LogP contribution in [0.3, 0.4) is 0 Å². The zero-order valence-corrected chi connectivity index (χ0v) is 16.8. The molecule has 0 radical (unpaired) electrons. The van der Waals surface area contributed by atoms with Crippen LogP contribution in [0.2, 0.25) is 0 Å². The SMILES string of the molecule is CC(C)OCCCN1C(=O)C(c2ccccc2)=C(N2CCCC(CO)C2)C1=O. The molecule has 3 rings (SSSR count). The van der Waals surface area contributed by atoms with E-state index in [2.05, 4.69) is 0 Å². The summed E-state index contributed by atoms with van der Waals surface area (Å²) in [6.07, 6.45) is 2.59. The predicted octanol–water partition coefficient (Wildman–Crippen LogP) is 2.29. The smallest absolute Gasteiger partial charge is 0.277 e. The van der Waals surface area contributed by atoms with Gasteiger partial charge in [-0.1, -0.05) is 30.3 Å². The highest BCUT2D eigenvalue weighted by Gasteiger charge is 2.42. The molecular formula is C22H30N2O4. The summed E-state index contributed by atoms with van der Waals surface area (Å²) in [6, 6.07) is 9.40. The van der Waals surface area contributed by atoms with Gasteiger partial charge in [-0.05, 0) is 44.6 Å². The largest absolute Gasteiger partial charge is 0.396 e. The number of carbonyl (C=O) groups is 2. The molecule has 0 saturated carbocycles. The number of hydrogen-bond donors (Lipinski definition) is 1. The molecular weight excluding hydrogens is 356 g/mol. The van der Waals surface area contributed by atoms with E-state index in [1.54, 1.807) is 0 Å². The number of nitrogens with zero attached hydrogens (tertiary/aromatic N) is 2. The minimum atomic E-state index is -0.234. The van der Waals surface area contributed by atoms with Gasteiger partial charge in [0.1, 0.15) is 5.70 Å². The van der Waals surface area contributed by atoms with E-state index in [4.69, 9.17) is 4.74 Å². The summed E-state index contributed by atoms with van der Waals surface area (Å²) in [5.74, 6) is -0.330. The summed E-state index contributed by atoms with van der Waals surface area (Å²) < 4.78 is 5.55. The Morgan fingerprint density at radius 2 is 1.93 bits per heavy atom. The third kappa shape index (κ3) is 4.45. The van der Waals surface area contributed by atoms with Gasteiger partial charge in [0.2, 0.25) is 0 Å². The zero-order valence-electron chi connectivity index (χ0n) is 16.8. The summed E-state index contributed by atoms with van der Waals surface area (Å²) in [6.45, 7) is 6.23. The van der Waals surface area contributed by atoms with Crippen molar-refractivity contribution in [3.05, 3.63) is 41.6 Å². The zero-order chi connectivity index (χ0) is 20.1. The van der Waals surface area contributed by atoms with Crippen LogP contribution in [0, 0.1) is 5.92 Å². The maximum atomic E-state index is 13.2. The van der Waals surface area contributed by atoms with Crippen molar-refractivity contribution in [2.24, 2.45) is 5.92 Å². The second-order valence-corrected chi connectivity index (χ2v) is 7.76. The van der Waals surface area contributed by atoms with Crippen molar-refractivity contribution in [3.63, 3.8) is 0 Å². The van der Waals surface area contributed by atoms with Crippen molar-refractivity contribution in [2.45, 2.75) is 39.2 Å². The first-order valence-corrected chi connectivity index (χ1v) is 10.2. The Morgan fingerprint density at radius 3 is 2.61 bits per heavy atom. The summed E-state index contributed by atoms with van der Waals surface area (Å²) in [5.41, 5.74) is 1.73. The van der Waals surface area contributed by atoms with Crippen molar-refractivity contribution in [3.8, 4) is 0 Å². The van der Waals surface area contributed by atoms with Gasteiger partial charge in [0.15, 0.2) is 0 Å². The molecule has 2 aliphatic rings. The van der Waals surface area contributed by atoms with Gasteiger partial charge in [-0.3, -0.25) is 14.5 Å². The van der Waals surface area contributed by atoms with E-state index in [-0.39, 0.29) is 30.4 Å². The Kier molecular flexibility index (Phi) is 6.86. The number of likely N-dealkylation sites (tertiary alicyclic amines) is 1. The molecule has 0 bridgehead atoms. The standard InChI is InChI=1S/C22H30N2O4/c1-16(2)28-13-7-12-24-21(26)19(18-9-4-3-5-10-18)20(22(24)27)23-11-6-8-17(14-23)15-25/h3-5,9-10,16-17,25H,6-8,11-15H2,1-2H3. The van der Waals surface area contributed by atoms with E-state index in [0.29, 0.717) is 37.4 Å². The first kappa shape index (κ1) is 20.6. The van der Waals surface area contributed by atoms with E-state index in [9.17, 15) is 14.7 Å². The molecule has 6 nitrogen and oxygen atoms in total. The number of imide groups is 1. The van der Waals surface area contributed by atoms with Gasteiger partial charge in [-0.15, -0.1) is 0 Å². The first-order valence-electron chi connectivity index (χ1n) is 10.2. The van der Waals surface area contributed by atoms with Crippen LogP contribution in [-0.2, 0) is 14.3 Å². The topological polar surface area (TPSA) is 70.1 Å². The summed E-state index contributed by atoms with van der Waals surface area (Å²) in [7, 11) is 0. The number of aliphatic hydroxyl groups is 1. The highest BCUT2D eigenvalue weighted by atomic mass is 16.5. The van der Waals surface area contributed by atoms with Crippen molar-refractivity contribution in [2.75, 3.05) is 32.8 Å². The summed E-state index contributed by atoms with van der Waals surface area (Å²) in [5, 5.41) is 9.57. The highest BCUT2D eigenvalue weighted by Crippen LogP contribution is 2.33. The second kappa shape index (κ2) is 9.34. The van der Waals surface area contributed by atoms with Crippen LogP contribution >= 0.6 is 0 Å². The molecule has 152 valence electrons. The number of hydrogen-bond acceptors (Lipinski definition) is 5. The van der Waals surface area contributed by atoms with Crippen LogP contribution < -0.4 is 0 Å². The number of ether oxygens (including phenoxy) is 1. The Morgan fingerprint density at radius 1 is 1.18 bits per heavy atom. The van der Waals surface area contributed by atoms with Crippen LogP contribution in [0.1, 0.15) is 38.7 Å². The Balaban J connectivity index is 1.86. The molecule has 1 saturated heterocycles. The van der Waals surface area contributed by atoms with E-state index < -0.39 is 0 Å². The van der Waals surface area contributed by atoms with Crippen molar-refractivity contribution in [1.29, 1.82) is 0 Å². The average molecular weight is 386 g/mol. The summed E-state index contributed by atoms with van der Waals surface area (Å²) in [4.78, 5) is 29.8. The minimum Gasteiger partial charge on any atom is -0.396 e. The normalized spacial score (nSPS) is 20.6. The van der Waals surface area contributed by atoms with E-state index in [0.717, 1.165) is 24.9 Å². The molecule has 1 unspecified atom stereocenters. The number of benzene rings is 1. The quantitative estimate of drug-likeness (QED) is 0.548. The summed E-state index contributed by atoms with van der Waals surface area (Å²) >= 11 is 0. The predicted molar refractivity (Wildman–Crippen MR) is 107 cm³/mol. The molecule has 28 heavy (non-hydrogen) atoms. The molecule has 0 aromatic heterocycles. The molecule has 2 aliphatic heterocycles. The van der Waals surface area contributed by atoms with Crippen molar-refractivity contribution < 1.29 is 19.4 Å². The molecule has 1 atom stereocenters. The highest BCUT2D eigenvalue weighted by molar-refractivity contribution is 6.35. The van der Waals surface area contributed by atoms with Crippen LogP contribution in [-0.4, -0.2) is 65.7 Å². The van der Waals surface area contributed by atoms with Gasteiger partial charge in [-0.25, -0.2) is 0 Å². The van der Waals surface area contributed by atoms with Crippen LogP contribution in [0.5, 0.6) is 0 Å². The fourth-order valence-corrected chi connectivity index (χ4v) is 3.88. The first-order chi connectivity index (χ1) is 13.5. The number of aliphatic hydroxyl groups excluding tert-OH is 1. The van der Waals surface area contributed by atoms with Crippen molar-refractivity contribution in [1.82, 2.24) is 9.80 Å². The molecule has 0 spiro atoms. The lowest BCUT2D eigenvalue weighted by Crippen LogP contribution is -2.41. The lowest BCUT2D eigenvalue weighted by atomic mass is 9.97. The number of rotatable bonds is 8. The van der Waals surface area contributed by atoms with Crippen LogP contribution in [0.15, 0.2) is 36.0 Å². The van der Waals surface area contributed by atoms with E-state index in [1.807, 2.05) is 49.1 Å². The van der Waals surface area contributed by atoms with E-state index >= 15 is 0 Å².